The topological polar surface area (TPSA) is 113 Å². The van der Waals surface area contributed by atoms with E-state index < -0.39 is 5.41 Å². The molecule has 0 unspecified atom stereocenters. The van der Waals surface area contributed by atoms with Crippen molar-refractivity contribution in [2.45, 2.75) is 40.2 Å². The lowest BCUT2D eigenvalue weighted by molar-refractivity contribution is -0.128. The summed E-state index contributed by atoms with van der Waals surface area (Å²) in [5.41, 5.74) is 5.41. The monoisotopic (exact) mass is 279 g/mol. The quantitative estimate of drug-likeness (QED) is 0.310. The summed E-state index contributed by atoms with van der Waals surface area (Å²) in [5, 5.41) is 14.6. The number of rotatable bonds is 6. The first-order valence-corrected chi connectivity index (χ1v) is 6.55. The summed E-state index contributed by atoms with van der Waals surface area (Å²) in [6.45, 7) is 5.72. The third-order valence-corrected chi connectivity index (χ3v) is 3.50. The van der Waals surface area contributed by atoms with E-state index in [2.05, 4.69) is 20.4 Å². The van der Waals surface area contributed by atoms with Crippen molar-refractivity contribution < 1.29 is 10.0 Å². The van der Waals surface area contributed by atoms with E-state index in [1.807, 2.05) is 13.8 Å². The van der Waals surface area contributed by atoms with Crippen LogP contribution in [0.2, 0.25) is 0 Å². The maximum atomic E-state index is 12.4. The van der Waals surface area contributed by atoms with Gasteiger partial charge in [-0.05, 0) is 25.8 Å². The van der Waals surface area contributed by atoms with Gasteiger partial charge in [0.15, 0.2) is 5.84 Å². The minimum Gasteiger partial charge on any atom is -0.409 e. The van der Waals surface area contributed by atoms with Crippen molar-refractivity contribution in [2.24, 2.45) is 16.3 Å². The van der Waals surface area contributed by atoms with Gasteiger partial charge in [-0.1, -0.05) is 19.0 Å². The van der Waals surface area contributed by atoms with Crippen LogP contribution in [0.15, 0.2) is 17.4 Å². The van der Waals surface area contributed by atoms with Crippen molar-refractivity contribution in [3.05, 3.63) is 23.8 Å². The molecule has 0 saturated heterocycles. The van der Waals surface area contributed by atoms with E-state index >= 15 is 0 Å². The van der Waals surface area contributed by atoms with Gasteiger partial charge in [0, 0.05) is 6.20 Å². The molecule has 0 atom stereocenters. The molecule has 1 rings (SSSR count). The van der Waals surface area contributed by atoms with E-state index in [4.69, 9.17) is 10.9 Å². The number of aromatic nitrogens is 2. The van der Waals surface area contributed by atoms with Gasteiger partial charge in [-0.3, -0.25) is 4.79 Å². The van der Waals surface area contributed by atoms with Crippen LogP contribution in [0.25, 0.3) is 0 Å². The van der Waals surface area contributed by atoms with Gasteiger partial charge in [0.1, 0.15) is 11.2 Å². The summed E-state index contributed by atoms with van der Waals surface area (Å²) >= 11 is 0. The number of nitrogens with two attached hydrogens (primary N) is 1. The molecule has 1 aromatic heterocycles. The van der Waals surface area contributed by atoms with Gasteiger partial charge >= 0.3 is 0 Å². The first kappa shape index (κ1) is 15.9. The van der Waals surface area contributed by atoms with Crippen LogP contribution in [0.1, 0.15) is 38.2 Å². The number of nitrogens with one attached hydrogen (secondary N) is 1. The van der Waals surface area contributed by atoms with E-state index in [-0.39, 0.29) is 18.3 Å². The van der Waals surface area contributed by atoms with Gasteiger partial charge in [0.05, 0.1) is 12.2 Å². The summed E-state index contributed by atoms with van der Waals surface area (Å²) in [6.07, 6.45) is 2.54. The first-order valence-electron chi connectivity index (χ1n) is 6.55. The number of aryl methyl sites for hydroxylation is 1. The zero-order valence-corrected chi connectivity index (χ0v) is 12.1. The number of hydrogen-bond donors (Lipinski definition) is 3. The van der Waals surface area contributed by atoms with Crippen LogP contribution < -0.4 is 11.1 Å². The van der Waals surface area contributed by atoms with E-state index in [0.29, 0.717) is 24.4 Å². The number of nitrogens with zero attached hydrogens (tertiary/aromatic N) is 3. The summed E-state index contributed by atoms with van der Waals surface area (Å²) < 4.78 is 0. The highest BCUT2D eigenvalue weighted by Crippen LogP contribution is 2.27. The Balaban J connectivity index is 2.83. The molecule has 7 nitrogen and oxygen atoms in total. The minimum absolute atomic E-state index is 0.0705. The Kier molecular flexibility index (Phi) is 5.42. The second-order valence-electron chi connectivity index (χ2n) is 4.55. The first-order chi connectivity index (χ1) is 9.50. The highest BCUT2D eigenvalue weighted by molar-refractivity contribution is 6.06. The molecule has 7 heteroatoms. The van der Waals surface area contributed by atoms with Gasteiger partial charge < -0.3 is 16.3 Å². The maximum Gasteiger partial charge on any atom is 0.234 e. The molecule has 0 radical (unpaired) electrons. The molecular formula is C13H21N5O2. The van der Waals surface area contributed by atoms with E-state index in [9.17, 15) is 4.79 Å². The number of amidine groups is 1. The molecule has 1 aromatic rings. The molecule has 110 valence electrons. The fourth-order valence-corrected chi connectivity index (χ4v) is 2.09. The predicted molar refractivity (Wildman–Crippen MR) is 75.0 cm³/mol. The van der Waals surface area contributed by atoms with Crippen LogP contribution in [0.4, 0.5) is 0 Å². The molecule has 4 N–H and O–H groups in total. The lowest BCUT2D eigenvalue weighted by atomic mass is 9.80. The van der Waals surface area contributed by atoms with E-state index in [1.54, 1.807) is 19.2 Å². The molecule has 0 aromatic carbocycles. The van der Waals surface area contributed by atoms with Crippen LogP contribution >= 0.6 is 0 Å². The third-order valence-electron chi connectivity index (χ3n) is 3.50. The summed E-state index contributed by atoms with van der Waals surface area (Å²) in [4.78, 5) is 20.6. The number of hydrogen-bond acceptors (Lipinski definition) is 5. The molecule has 0 aliphatic heterocycles. The molecule has 0 aliphatic carbocycles. The average Bonchev–Trinajstić information content (AvgIpc) is 2.46. The molecule has 1 heterocycles. The lowest BCUT2D eigenvalue weighted by Crippen LogP contribution is -2.49. The molecule has 0 bridgehead atoms. The van der Waals surface area contributed by atoms with Gasteiger partial charge in [-0.15, -0.1) is 0 Å². The number of amides is 1. The zero-order valence-electron chi connectivity index (χ0n) is 12.1. The van der Waals surface area contributed by atoms with Crippen LogP contribution in [0, 0.1) is 12.3 Å². The van der Waals surface area contributed by atoms with Gasteiger partial charge in [0.2, 0.25) is 5.91 Å². The van der Waals surface area contributed by atoms with Crippen molar-refractivity contribution in [1.29, 1.82) is 0 Å². The van der Waals surface area contributed by atoms with Gasteiger partial charge in [0.25, 0.3) is 0 Å². The van der Waals surface area contributed by atoms with E-state index in [1.165, 1.54) is 0 Å². The van der Waals surface area contributed by atoms with E-state index in [0.717, 1.165) is 0 Å². The van der Waals surface area contributed by atoms with Gasteiger partial charge in [-0.25, -0.2) is 9.97 Å². The smallest absolute Gasteiger partial charge is 0.234 e. The summed E-state index contributed by atoms with van der Waals surface area (Å²) in [5.74, 6) is 0.304. The number of oxime groups is 1. The fourth-order valence-electron chi connectivity index (χ4n) is 2.09. The third kappa shape index (κ3) is 3.23. The average molecular weight is 279 g/mol. The lowest BCUT2D eigenvalue weighted by Gasteiger charge is -2.28. The largest absolute Gasteiger partial charge is 0.409 e. The Morgan fingerprint density at radius 3 is 2.65 bits per heavy atom. The standard InChI is InChI=1S/C13H21N5O2/c1-4-13(5-2,11(14)18-20)12(19)16-8-10-6-7-15-9(3)17-10/h6-7,20H,4-5,8H2,1-3H3,(H2,14,18)(H,16,19). The summed E-state index contributed by atoms with van der Waals surface area (Å²) in [7, 11) is 0. The number of carbonyl (C=O) groups excluding carboxylic acids is 1. The molecule has 0 spiro atoms. The molecule has 0 aliphatic rings. The molecule has 0 saturated carbocycles. The van der Waals surface area contributed by atoms with Crippen molar-refractivity contribution in [1.82, 2.24) is 15.3 Å². The Morgan fingerprint density at radius 2 is 2.15 bits per heavy atom. The second kappa shape index (κ2) is 6.83. The maximum absolute atomic E-state index is 12.4. The SMILES string of the molecule is CCC(CC)(C(=O)NCc1ccnc(C)n1)C(N)=NO. The van der Waals surface area contributed by atoms with Crippen molar-refractivity contribution in [2.75, 3.05) is 0 Å². The fraction of sp³-hybridized carbons (Fsp3) is 0.538. The molecular weight excluding hydrogens is 258 g/mol. The second-order valence-corrected chi connectivity index (χ2v) is 4.55. The predicted octanol–water partition coefficient (Wildman–Crippen LogP) is 0.954. The molecule has 0 fully saturated rings. The molecule has 20 heavy (non-hydrogen) atoms. The Morgan fingerprint density at radius 1 is 1.50 bits per heavy atom. The van der Waals surface area contributed by atoms with Gasteiger partial charge in [-0.2, -0.15) is 0 Å². The zero-order chi connectivity index (χ0) is 15.2. The van der Waals surface area contributed by atoms with Crippen molar-refractivity contribution >= 4 is 11.7 Å². The highest BCUT2D eigenvalue weighted by Gasteiger charge is 2.39. The normalized spacial score (nSPS) is 12.2. The van der Waals surface area contributed by atoms with Crippen molar-refractivity contribution in [3.63, 3.8) is 0 Å². The Hall–Kier alpha value is -2.18. The molecule has 1 amide bonds. The van der Waals surface area contributed by atoms with Crippen LogP contribution in [-0.4, -0.2) is 26.9 Å². The number of carbonyl (C=O) groups is 1. The Bertz CT molecular complexity index is 497. The van der Waals surface area contributed by atoms with Crippen molar-refractivity contribution in [3.8, 4) is 0 Å². The van der Waals surface area contributed by atoms with Crippen LogP contribution in [0.3, 0.4) is 0 Å². The highest BCUT2D eigenvalue weighted by atomic mass is 16.4. The van der Waals surface area contributed by atoms with Crippen LogP contribution in [-0.2, 0) is 11.3 Å². The Labute approximate surface area is 118 Å². The summed E-state index contributed by atoms with van der Waals surface area (Å²) in [6, 6.07) is 1.73. The minimum atomic E-state index is -0.989. The van der Waals surface area contributed by atoms with Crippen LogP contribution in [0.5, 0.6) is 0 Å².